The number of benzene rings is 1. The molecule has 0 aromatic heterocycles. The third-order valence-electron chi connectivity index (χ3n) is 6.05. The molecule has 1 atom stereocenters. The number of carbonyl (C=O) groups excluding carboxylic acids is 2. The molecule has 0 aliphatic heterocycles. The third-order valence-corrected chi connectivity index (χ3v) is 6.05. The van der Waals surface area contributed by atoms with Crippen LogP contribution in [0.25, 0.3) is 0 Å². The maximum atomic E-state index is 12.1. The topological polar surface area (TPSA) is 64.6 Å². The minimum Gasteiger partial charge on any atom is -0.462 e. The van der Waals surface area contributed by atoms with E-state index in [1.165, 1.54) is 90.4 Å². The number of ether oxygens (including phenoxy) is 2. The number of hydrogen-bond donors (Lipinski definition) is 1. The number of rotatable bonds is 22. The van der Waals surface area contributed by atoms with Crippen molar-refractivity contribution >= 4 is 17.6 Å². The first-order valence-electron chi connectivity index (χ1n) is 13.7. The molecule has 0 saturated carbocycles. The van der Waals surface area contributed by atoms with Crippen molar-refractivity contribution in [2.45, 2.75) is 123 Å². The third kappa shape index (κ3) is 18.4. The Hall–Kier alpha value is -2.04. The van der Waals surface area contributed by atoms with E-state index in [2.05, 4.69) is 12.2 Å². The summed E-state index contributed by atoms with van der Waals surface area (Å²) in [5, 5.41) is 3.21. The van der Waals surface area contributed by atoms with Crippen LogP contribution >= 0.6 is 0 Å². The van der Waals surface area contributed by atoms with E-state index in [0.29, 0.717) is 13.0 Å². The molecule has 1 aromatic carbocycles. The van der Waals surface area contributed by atoms with E-state index in [1.807, 2.05) is 30.3 Å². The summed E-state index contributed by atoms with van der Waals surface area (Å²) in [5.74, 6) is -0.593. The number of anilines is 1. The van der Waals surface area contributed by atoms with E-state index in [4.69, 9.17) is 9.47 Å². The van der Waals surface area contributed by atoms with Crippen LogP contribution in [0.5, 0.6) is 0 Å². The van der Waals surface area contributed by atoms with Crippen molar-refractivity contribution in [3.63, 3.8) is 0 Å². The molecule has 0 aliphatic carbocycles. The van der Waals surface area contributed by atoms with E-state index in [1.54, 1.807) is 0 Å². The van der Waals surface area contributed by atoms with Crippen LogP contribution in [0.3, 0.4) is 0 Å². The highest BCUT2D eigenvalue weighted by Gasteiger charge is 2.15. The summed E-state index contributed by atoms with van der Waals surface area (Å²) in [7, 11) is 0. The molecule has 0 bridgehead atoms. The second kappa shape index (κ2) is 21.5. The van der Waals surface area contributed by atoms with Crippen LogP contribution in [0.4, 0.5) is 5.69 Å². The zero-order chi connectivity index (χ0) is 24.7. The highest BCUT2D eigenvalue weighted by atomic mass is 16.6. The van der Waals surface area contributed by atoms with Crippen molar-refractivity contribution in [3.05, 3.63) is 30.3 Å². The van der Waals surface area contributed by atoms with Gasteiger partial charge in [-0.3, -0.25) is 9.59 Å². The van der Waals surface area contributed by atoms with Crippen molar-refractivity contribution in [2.24, 2.45) is 0 Å². The molecule has 0 saturated heterocycles. The first-order chi connectivity index (χ1) is 16.6. The molecule has 0 amide bonds. The van der Waals surface area contributed by atoms with Crippen molar-refractivity contribution in [1.29, 1.82) is 0 Å². The lowest BCUT2D eigenvalue weighted by molar-refractivity contribution is -0.156. The lowest BCUT2D eigenvalue weighted by Gasteiger charge is -2.18. The van der Waals surface area contributed by atoms with Crippen LogP contribution in [0.15, 0.2) is 30.3 Å². The molecule has 1 unspecified atom stereocenters. The van der Waals surface area contributed by atoms with Gasteiger partial charge >= 0.3 is 11.9 Å². The highest BCUT2D eigenvalue weighted by Crippen LogP contribution is 2.14. The number of carbonyl (C=O) groups is 2. The Morgan fingerprint density at radius 3 is 1.76 bits per heavy atom. The summed E-state index contributed by atoms with van der Waals surface area (Å²) >= 11 is 0. The van der Waals surface area contributed by atoms with Gasteiger partial charge in [0, 0.05) is 19.0 Å². The average molecular weight is 476 g/mol. The van der Waals surface area contributed by atoms with E-state index in [-0.39, 0.29) is 18.5 Å². The molecule has 0 radical (unpaired) electrons. The summed E-state index contributed by atoms with van der Waals surface area (Å²) in [4.78, 5) is 23.4. The van der Waals surface area contributed by atoms with E-state index in [0.717, 1.165) is 18.5 Å². The fraction of sp³-hybridized carbons (Fsp3) is 0.724. The maximum absolute atomic E-state index is 12.1. The molecule has 0 aliphatic rings. The predicted molar refractivity (Wildman–Crippen MR) is 141 cm³/mol. The van der Waals surface area contributed by atoms with Gasteiger partial charge in [0.05, 0.1) is 6.54 Å². The lowest BCUT2D eigenvalue weighted by atomic mass is 10.0. The monoisotopic (exact) mass is 475 g/mol. The lowest BCUT2D eigenvalue weighted by Crippen LogP contribution is -2.31. The number of nitrogens with one attached hydrogen (secondary N) is 1. The van der Waals surface area contributed by atoms with Gasteiger partial charge in [0.2, 0.25) is 0 Å². The maximum Gasteiger partial charge on any atom is 0.305 e. The molecule has 0 spiro atoms. The Bertz CT molecular complexity index is 620. The first kappa shape index (κ1) is 30.0. The summed E-state index contributed by atoms with van der Waals surface area (Å²) in [6, 6.07) is 9.68. The van der Waals surface area contributed by atoms with E-state index >= 15 is 0 Å². The van der Waals surface area contributed by atoms with Crippen LogP contribution in [0.1, 0.15) is 117 Å². The standard InChI is InChI=1S/C29H49NO4/c1-3-4-5-6-7-8-9-10-11-12-13-14-15-16-20-23-29(32)33-25-28(34-26(2)31)24-30-27-21-18-17-19-22-27/h17-19,21-22,28,30H,3-16,20,23-25H2,1-2H3. The average Bonchev–Trinajstić information content (AvgIpc) is 2.83. The Kier molecular flexibility index (Phi) is 19.0. The quantitative estimate of drug-likeness (QED) is 0.137. The van der Waals surface area contributed by atoms with Crippen LogP contribution in [-0.4, -0.2) is 31.2 Å². The van der Waals surface area contributed by atoms with Gasteiger partial charge in [0.15, 0.2) is 6.10 Å². The van der Waals surface area contributed by atoms with Crippen molar-refractivity contribution in [1.82, 2.24) is 0 Å². The van der Waals surface area contributed by atoms with Gasteiger partial charge in [-0.15, -0.1) is 0 Å². The fourth-order valence-corrected chi connectivity index (χ4v) is 4.06. The molecule has 0 heterocycles. The Balaban J connectivity index is 1.97. The van der Waals surface area contributed by atoms with Gasteiger partial charge in [0.1, 0.15) is 6.61 Å². The van der Waals surface area contributed by atoms with Gasteiger partial charge in [-0.25, -0.2) is 0 Å². The number of esters is 2. The number of para-hydroxylation sites is 1. The summed E-state index contributed by atoms with van der Waals surface area (Å²) in [6.07, 6.45) is 19.5. The SMILES string of the molecule is CCCCCCCCCCCCCCCCCC(=O)OCC(CNc1ccccc1)OC(C)=O. The summed E-state index contributed by atoms with van der Waals surface area (Å²) in [5.41, 5.74) is 0.934. The molecular weight excluding hydrogens is 426 g/mol. The summed E-state index contributed by atoms with van der Waals surface area (Å²) in [6.45, 7) is 4.12. The molecule has 194 valence electrons. The van der Waals surface area contributed by atoms with Gasteiger partial charge < -0.3 is 14.8 Å². The fourth-order valence-electron chi connectivity index (χ4n) is 4.06. The van der Waals surface area contributed by atoms with Gasteiger partial charge in [-0.05, 0) is 18.6 Å². The second-order valence-electron chi connectivity index (χ2n) is 9.36. The molecule has 1 N–H and O–H groups in total. The zero-order valence-electron chi connectivity index (χ0n) is 21.8. The molecule has 34 heavy (non-hydrogen) atoms. The molecule has 5 nitrogen and oxygen atoms in total. The smallest absolute Gasteiger partial charge is 0.305 e. The van der Waals surface area contributed by atoms with E-state index in [9.17, 15) is 9.59 Å². The first-order valence-corrected chi connectivity index (χ1v) is 13.7. The normalized spacial score (nSPS) is 11.7. The van der Waals surface area contributed by atoms with Crippen molar-refractivity contribution < 1.29 is 19.1 Å². The Morgan fingerprint density at radius 2 is 1.26 bits per heavy atom. The van der Waals surface area contributed by atoms with E-state index < -0.39 is 6.10 Å². The Morgan fingerprint density at radius 1 is 0.765 bits per heavy atom. The van der Waals surface area contributed by atoms with Crippen LogP contribution in [0, 0.1) is 0 Å². The largest absolute Gasteiger partial charge is 0.462 e. The van der Waals surface area contributed by atoms with Gasteiger partial charge in [0.25, 0.3) is 0 Å². The number of hydrogen-bond acceptors (Lipinski definition) is 5. The predicted octanol–water partition coefficient (Wildman–Crippen LogP) is 7.83. The summed E-state index contributed by atoms with van der Waals surface area (Å²) < 4.78 is 10.6. The highest BCUT2D eigenvalue weighted by molar-refractivity contribution is 5.69. The molecule has 5 heteroatoms. The van der Waals surface area contributed by atoms with Crippen LogP contribution < -0.4 is 5.32 Å². The Labute approximate surface area is 208 Å². The molecule has 1 aromatic rings. The van der Waals surface area contributed by atoms with Crippen molar-refractivity contribution in [3.8, 4) is 0 Å². The minimum atomic E-state index is -0.497. The van der Waals surface area contributed by atoms with Crippen LogP contribution in [-0.2, 0) is 19.1 Å². The zero-order valence-corrected chi connectivity index (χ0v) is 21.8. The number of unbranched alkanes of at least 4 members (excludes halogenated alkanes) is 14. The van der Waals surface area contributed by atoms with Crippen molar-refractivity contribution in [2.75, 3.05) is 18.5 Å². The minimum absolute atomic E-state index is 0.0803. The van der Waals surface area contributed by atoms with Gasteiger partial charge in [-0.1, -0.05) is 115 Å². The molecule has 1 rings (SSSR count). The molecular formula is C29H49NO4. The van der Waals surface area contributed by atoms with Crippen LogP contribution in [0.2, 0.25) is 0 Å². The molecule has 0 fully saturated rings. The second-order valence-corrected chi connectivity index (χ2v) is 9.36. The van der Waals surface area contributed by atoms with Gasteiger partial charge in [-0.2, -0.15) is 0 Å².